The highest BCUT2D eigenvalue weighted by molar-refractivity contribution is 6.30. The Morgan fingerprint density at radius 1 is 1.23 bits per heavy atom. The van der Waals surface area contributed by atoms with Crippen molar-refractivity contribution >= 4 is 35.4 Å². The Labute approximate surface area is 156 Å². The molecule has 0 bridgehead atoms. The number of halogens is 1. The standard InChI is InChI=1S/C19H18ClN3O3/c20-15-5-3-14(4-6-15)19(26)23-10-9-16(12-23)22-17-7-1-13(11-21-17)2-8-18(24)25/h1-8,11,16H,9-10,12H2,(H,21,22)(H,24,25)/t16-/m1/s1. The summed E-state index contributed by atoms with van der Waals surface area (Å²) in [7, 11) is 0. The average molecular weight is 372 g/mol. The molecule has 7 heteroatoms. The predicted molar refractivity (Wildman–Crippen MR) is 100 cm³/mol. The van der Waals surface area contributed by atoms with Gasteiger partial charge in [0.25, 0.3) is 5.91 Å². The van der Waals surface area contributed by atoms with Crippen molar-refractivity contribution in [2.24, 2.45) is 0 Å². The number of aliphatic carboxylic acids is 1. The van der Waals surface area contributed by atoms with Crippen LogP contribution in [-0.2, 0) is 4.79 Å². The number of amides is 1. The maximum atomic E-state index is 12.5. The lowest BCUT2D eigenvalue weighted by Gasteiger charge is -2.17. The molecule has 1 aliphatic heterocycles. The molecule has 2 N–H and O–H groups in total. The summed E-state index contributed by atoms with van der Waals surface area (Å²) in [4.78, 5) is 29.1. The fourth-order valence-corrected chi connectivity index (χ4v) is 2.93. The normalized spacial score (nSPS) is 16.8. The van der Waals surface area contributed by atoms with Crippen molar-refractivity contribution in [1.29, 1.82) is 0 Å². The Hall–Kier alpha value is -2.86. The predicted octanol–water partition coefficient (Wildman–Crippen LogP) is 3.16. The van der Waals surface area contributed by atoms with Gasteiger partial charge in [-0.2, -0.15) is 0 Å². The summed E-state index contributed by atoms with van der Waals surface area (Å²) in [5.41, 5.74) is 1.34. The number of carbonyl (C=O) groups is 2. The van der Waals surface area contributed by atoms with Gasteiger partial charge in [-0.15, -0.1) is 0 Å². The van der Waals surface area contributed by atoms with Crippen LogP contribution in [0.4, 0.5) is 5.82 Å². The van der Waals surface area contributed by atoms with Crippen LogP contribution < -0.4 is 5.32 Å². The zero-order valence-electron chi connectivity index (χ0n) is 13.9. The minimum Gasteiger partial charge on any atom is -0.478 e. The van der Waals surface area contributed by atoms with Crippen LogP contribution in [-0.4, -0.2) is 46.0 Å². The van der Waals surface area contributed by atoms with Gasteiger partial charge in [-0.05, 0) is 54.5 Å². The van der Waals surface area contributed by atoms with Gasteiger partial charge in [0, 0.05) is 42.0 Å². The van der Waals surface area contributed by atoms with Crippen molar-refractivity contribution in [2.45, 2.75) is 12.5 Å². The number of nitrogens with one attached hydrogen (secondary N) is 1. The molecule has 26 heavy (non-hydrogen) atoms. The smallest absolute Gasteiger partial charge is 0.328 e. The van der Waals surface area contributed by atoms with E-state index in [2.05, 4.69) is 10.3 Å². The van der Waals surface area contributed by atoms with Crippen LogP contribution in [0.3, 0.4) is 0 Å². The zero-order valence-corrected chi connectivity index (χ0v) is 14.7. The van der Waals surface area contributed by atoms with Gasteiger partial charge >= 0.3 is 5.97 Å². The van der Waals surface area contributed by atoms with Crippen LogP contribution in [0.5, 0.6) is 0 Å². The number of aromatic nitrogens is 1. The summed E-state index contributed by atoms with van der Waals surface area (Å²) < 4.78 is 0. The molecule has 1 atom stereocenters. The lowest BCUT2D eigenvalue weighted by molar-refractivity contribution is -0.131. The molecule has 1 aromatic carbocycles. The van der Waals surface area contributed by atoms with Crippen molar-refractivity contribution in [1.82, 2.24) is 9.88 Å². The molecule has 134 valence electrons. The Bertz CT molecular complexity index is 819. The third-order valence-electron chi connectivity index (χ3n) is 4.12. The molecule has 0 saturated carbocycles. The van der Waals surface area contributed by atoms with Crippen molar-refractivity contribution in [3.8, 4) is 0 Å². The number of hydrogen-bond acceptors (Lipinski definition) is 4. The van der Waals surface area contributed by atoms with Gasteiger partial charge in [-0.3, -0.25) is 4.79 Å². The minimum atomic E-state index is -0.997. The molecule has 2 heterocycles. The summed E-state index contributed by atoms with van der Waals surface area (Å²) in [6, 6.07) is 10.6. The van der Waals surface area contributed by atoms with Crippen molar-refractivity contribution in [2.75, 3.05) is 18.4 Å². The fourth-order valence-electron chi connectivity index (χ4n) is 2.80. The van der Waals surface area contributed by atoms with E-state index in [1.807, 2.05) is 4.90 Å². The average Bonchev–Trinajstić information content (AvgIpc) is 3.09. The topological polar surface area (TPSA) is 82.5 Å². The van der Waals surface area contributed by atoms with Crippen LogP contribution in [0, 0.1) is 0 Å². The molecule has 1 aromatic heterocycles. The Balaban J connectivity index is 1.56. The summed E-state index contributed by atoms with van der Waals surface area (Å²) in [6.45, 7) is 1.28. The molecule has 0 spiro atoms. The van der Waals surface area contributed by atoms with Crippen molar-refractivity contribution in [3.63, 3.8) is 0 Å². The van der Waals surface area contributed by atoms with E-state index in [0.29, 0.717) is 35.1 Å². The Kier molecular flexibility index (Phi) is 5.53. The SMILES string of the molecule is O=C(O)C=Cc1ccc(N[C@@H]2CCN(C(=O)c3ccc(Cl)cc3)C2)nc1. The molecule has 1 fully saturated rings. The first-order chi connectivity index (χ1) is 12.5. The molecular weight excluding hydrogens is 354 g/mol. The molecular formula is C19H18ClN3O3. The van der Waals surface area contributed by atoms with E-state index in [4.69, 9.17) is 16.7 Å². The fraction of sp³-hybridized carbons (Fsp3) is 0.211. The number of carboxylic acids is 1. The highest BCUT2D eigenvalue weighted by Gasteiger charge is 2.27. The third-order valence-corrected chi connectivity index (χ3v) is 4.38. The second kappa shape index (κ2) is 8.01. The van der Waals surface area contributed by atoms with E-state index in [9.17, 15) is 9.59 Å². The van der Waals surface area contributed by atoms with Gasteiger partial charge < -0.3 is 15.3 Å². The first-order valence-electron chi connectivity index (χ1n) is 8.20. The van der Waals surface area contributed by atoms with Gasteiger partial charge in [-0.25, -0.2) is 9.78 Å². The largest absolute Gasteiger partial charge is 0.478 e. The third kappa shape index (κ3) is 4.61. The number of carboxylic acid groups (broad SMARTS) is 1. The molecule has 1 amide bonds. The Morgan fingerprint density at radius 3 is 2.65 bits per heavy atom. The molecule has 0 aliphatic carbocycles. The van der Waals surface area contributed by atoms with Crippen molar-refractivity contribution in [3.05, 3.63) is 64.8 Å². The number of anilines is 1. The highest BCUT2D eigenvalue weighted by Crippen LogP contribution is 2.18. The van der Waals surface area contributed by atoms with Gasteiger partial charge in [0.2, 0.25) is 0 Å². The number of hydrogen-bond donors (Lipinski definition) is 2. The molecule has 0 radical (unpaired) electrons. The lowest BCUT2D eigenvalue weighted by Crippen LogP contribution is -2.31. The molecule has 6 nitrogen and oxygen atoms in total. The summed E-state index contributed by atoms with van der Waals surface area (Å²) in [5, 5.41) is 12.5. The maximum Gasteiger partial charge on any atom is 0.328 e. The van der Waals surface area contributed by atoms with Crippen LogP contribution in [0.15, 0.2) is 48.7 Å². The van der Waals surface area contributed by atoms with Gasteiger partial charge in [0.15, 0.2) is 0 Å². The van der Waals surface area contributed by atoms with Gasteiger partial charge in [-0.1, -0.05) is 11.6 Å². The number of rotatable bonds is 5. The number of likely N-dealkylation sites (tertiary alicyclic amines) is 1. The maximum absolute atomic E-state index is 12.5. The molecule has 1 saturated heterocycles. The highest BCUT2D eigenvalue weighted by atomic mass is 35.5. The van der Waals surface area contributed by atoms with Gasteiger partial charge in [0.1, 0.15) is 5.82 Å². The monoisotopic (exact) mass is 371 g/mol. The summed E-state index contributed by atoms with van der Waals surface area (Å²) >= 11 is 5.86. The quantitative estimate of drug-likeness (QED) is 0.789. The summed E-state index contributed by atoms with van der Waals surface area (Å²) in [6.07, 6.45) is 5.00. The van der Waals surface area contributed by atoms with E-state index in [-0.39, 0.29) is 11.9 Å². The molecule has 1 aliphatic rings. The molecule has 2 aromatic rings. The second-order valence-corrected chi connectivity index (χ2v) is 6.47. The van der Waals surface area contributed by atoms with Crippen LogP contribution >= 0.6 is 11.6 Å². The van der Waals surface area contributed by atoms with E-state index in [1.54, 1.807) is 42.6 Å². The first-order valence-corrected chi connectivity index (χ1v) is 8.57. The van der Waals surface area contributed by atoms with Gasteiger partial charge in [0.05, 0.1) is 0 Å². The number of carbonyl (C=O) groups excluding carboxylic acids is 1. The van der Waals surface area contributed by atoms with Crippen LogP contribution in [0.2, 0.25) is 5.02 Å². The van der Waals surface area contributed by atoms with E-state index >= 15 is 0 Å². The minimum absolute atomic E-state index is 0.00641. The van der Waals surface area contributed by atoms with E-state index < -0.39 is 5.97 Å². The zero-order chi connectivity index (χ0) is 18.5. The van der Waals surface area contributed by atoms with Crippen LogP contribution in [0.1, 0.15) is 22.3 Å². The lowest BCUT2D eigenvalue weighted by atomic mass is 10.2. The second-order valence-electron chi connectivity index (χ2n) is 6.04. The Morgan fingerprint density at radius 2 is 2.00 bits per heavy atom. The number of nitrogens with zero attached hydrogens (tertiary/aromatic N) is 2. The van der Waals surface area contributed by atoms with E-state index in [1.165, 1.54) is 6.08 Å². The summed E-state index contributed by atoms with van der Waals surface area (Å²) in [5.74, 6) is -0.306. The van der Waals surface area contributed by atoms with E-state index in [0.717, 1.165) is 12.5 Å². The number of benzene rings is 1. The molecule has 3 rings (SSSR count). The van der Waals surface area contributed by atoms with Crippen molar-refractivity contribution < 1.29 is 14.7 Å². The molecule has 0 unspecified atom stereocenters. The van der Waals surface area contributed by atoms with Crippen LogP contribution in [0.25, 0.3) is 6.08 Å². The number of pyridine rings is 1. The first kappa shape index (κ1) is 17.9.